The van der Waals surface area contributed by atoms with Crippen molar-refractivity contribution in [3.8, 4) is 0 Å². The van der Waals surface area contributed by atoms with Crippen molar-refractivity contribution in [1.82, 2.24) is 10.5 Å². The molecule has 0 bridgehead atoms. The fourth-order valence-corrected chi connectivity index (χ4v) is 0.661. The zero-order valence-electron chi connectivity index (χ0n) is 5.18. The molecule has 0 aromatic rings. The van der Waals surface area contributed by atoms with Gasteiger partial charge in [0.2, 0.25) is 0 Å². The molecule has 0 fully saturated rings. The Morgan fingerprint density at radius 3 is 2.88 bits per heavy atom. The van der Waals surface area contributed by atoms with Crippen LogP contribution in [0, 0.1) is 0 Å². The topological polar surface area (TPSA) is 29.4 Å². The zero-order chi connectivity index (χ0) is 5.98. The van der Waals surface area contributed by atoms with Crippen molar-refractivity contribution in [2.45, 2.75) is 13.8 Å². The van der Waals surface area contributed by atoms with Gasteiger partial charge in [0.25, 0.3) is 0 Å². The second-order valence-corrected chi connectivity index (χ2v) is 1.74. The summed E-state index contributed by atoms with van der Waals surface area (Å²) in [5.74, 6) is 0. The number of hydrogen-bond acceptors (Lipinski definition) is 2. The molecule has 0 atom stereocenters. The van der Waals surface area contributed by atoms with Crippen LogP contribution >= 0.6 is 0 Å². The van der Waals surface area contributed by atoms with Gasteiger partial charge in [0.1, 0.15) is 0 Å². The van der Waals surface area contributed by atoms with Crippen LogP contribution in [0.3, 0.4) is 0 Å². The minimum Gasteiger partial charge on any atom is -0.609 e. The largest absolute Gasteiger partial charge is 0.609 e. The maximum Gasteiger partial charge on any atom is 0.0298 e. The predicted molar refractivity (Wildman–Crippen MR) is 32.6 cm³/mol. The summed E-state index contributed by atoms with van der Waals surface area (Å²) >= 11 is 0. The number of hydrogen-bond donors (Lipinski definition) is 1. The Morgan fingerprint density at radius 2 is 2.62 bits per heavy atom. The Bertz CT molecular complexity index is 108. The molecule has 0 aromatic carbocycles. The van der Waals surface area contributed by atoms with E-state index in [1.165, 1.54) is 5.70 Å². The van der Waals surface area contributed by atoms with Gasteiger partial charge in [0.15, 0.2) is 0 Å². The second kappa shape index (κ2) is 2.05. The van der Waals surface area contributed by atoms with Crippen molar-refractivity contribution in [1.29, 1.82) is 0 Å². The van der Waals surface area contributed by atoms with Gasteiger partial charge >= 0.3 is 0 Å². The minimum absolute atomic E-state index is 0.964. The lowest BCUT2D eigenvalue weighted by atomic mass is 10.5. The average molecular weight is 112 g/mol. The van der Waals surface area contributed by atoms with E-state index in [1.54, 1.807) is 0 Å². The van der Waals surface area contributed by atoms with Crippen LogP contribution in [0.4, 0.5) is 0 Å². The smallest absolute Gasteiger partial charge is 0.0298 e. The summed E-state index contributed by atoms with van der Waals surface area (Å²) in [6.45, 7) is 5.06. The summed E-state index contributed by atoms with van der Waals surface area (Å²) in [5.41, 5.74) is 7.83. The average Bonchev–Trinajstić information content (AvgIpc) is 2.14. The van der Waals surface area contributed by atoms with Gasteiger partial charge in [-0.15, -0.1) is 6.20 Å². The molecule has 0 spiro atoms. The fraction of sp³-hybridized carbons (Fsp3) is 0.600. The van der Waals surface area contributed by atoms with Gasteiger partial charge in [-0.3, -0.25) is 0 Å². The first-order valence-corrected chi connectivity index (χ1v) is 2.74. The van der Waals surface area contributed by atoms with Crippen LogP contribution in [0.25, 0.3) is 5.43 Å². The van der Waals surface area contributed by atoms with E-state index in [1.807, 2.05) is 18.1 Å². The first-order valence-electron chi connectivity index (χ1n) is 2.74. The van der Waals surface area contributed by atoms with Crippen LogP contribution in [-0.4, -0.2) is 11.6 Å². The molecule has 1 aliphatic heterocycles. The summed E-state index contributed by atoms with van der Waals surface area (Å²) in [7, 11) is 0. The molecule has 0 saturated heterocycles. The maximum absolute atomic E-state index is 3.83. The van der Waals surface area contributed by atoms with Crippen LogP contribution < -0.4 is 5.53 Å². The molecule has 0 radical (unpaired) electrons. The van der Waals surface area contributed by atoms with E-state index in [0.717, 1.165) is 6.54 Å². The van der Waals surface area contributed by atoms with Gasteiger partial charge in [-0.05, 0) is 13.8 Å². The van der Waals surface area contributed by atoms with E-state index in [4.69, 9.17) is 0 Å². The Balaban J connectivity index is 2.46. The lowest BCUT2D eigenvalue weighted by Crippen LogP contribution is -2.27. The highest BCUT2D eigenvalue weighted by atomic mass is 15.7. The Morgan fingerprint density at radius 1 is 1.88 bits per heavy atom. The zero-order valence-corrected chi connectivity index (χ0v) is 5.18. The number of allylic oxidation sites excluding steroid dienone is 1. The highest BCUT2D eigenvalue weighted by Crippen LogP contribution is 2.08. The normalized spacial score (nSPS) is 18.2. The first-order chi connectivity index (χ1) is 3.84. The monoisotopic (exact) mass is 112 g/mol. The molecule has 3 heteroatoms. The standard InChI is InChI=1S/C5H10N3/c1-3-8-5(2)4-6-7-8/h4,7H,3H2,1-2H3/q-1. The third kappa shape index (κ3) is 0.767. The van der Waals surface area contributed by atoms with Gasteiger partial charge < -0.3 is 16.0 Å². The molecule has 1 heterocycles. The second-order valence-electron chi connectivity index (χ2n) is 1.74. The van der Waals surface area contributed by atoms with Crippen molar-refractivity contribution in [2.75, 3.05) is 6.54 Å². The number of rotatable bonds is 1. The molecular weight excluding hydrogens is 102 g/mol. The summed E-state index contributed by atoms with van der Waals surface area (Å²) in [6, 6.07) is 0. The van der Waals surface area contributed by atoms with E-state index < -0.39 is 0 Å². The van der Waals surface area contributed by atoms with Crippen molar-refractivity contribution in [3.63, 3.8) is 0 Å². The quantitative estimate of drug-likeness (QED) is 0.547. The summed E-state index contributed by atoms with van der Waals surface area (Å²) in [5, 5.41) is 1.97. The predicted octanol–water partition coefficient (Wildman–Crippen LogP) is 0.977. The third-order valence-electron chi connectivity index (χ3n) is 1.17. The van der Waals surface area contributed by atoms with Crippen molar-refractivity contribution < 1.29 is 0 Å². The van der Waals surface area contributed by atoms with Crippen molar-refractivity contribution in [2.24, 2.45) is 0 Å². The lowest BCUT2D eigenvalue weighted by molar-refractivity contribution is 0.316. The summed E-state index contributed by atoms with van der Waals surface area (Å²) < 4.78 is 0. The first kappa shape index (κ1) is 5.44. The molecule has 1 aliphatic rings. The van der Waals surface area contributed by atoms with E-state index in [2.05, 4.69) is 17.9 Å². The molecule has 0 aromatic heterocycles. The summed E-state index contributed by atoms with van der Waals surface area (Å²) in [6.07, 6.45) is 1.81. The molecule has 1 rings (SSSR count). The molecule has 0 aliphatic carbocycles. The van der Waals surface area contributed by atoms with Crippen LogP contribution in [0.15, 0.2) is 11.9 Å². The lowest BCUT2D eigenvalue weighted by Gasteiger charge is -2.23. The van der Waals surface area contributed by atoms with Gasteiger partial charge in [0, 0.05) is 12.2 Å². The van der Waals surface area contributed by atoms with E-state index in [-0.39, 0.29) is 0 Å². The number of hydrazine groups is 1. The Hall–Kier alpha value is -0.700. The summed E-state index contributed by atoms with van der Waals surface area (Å²) in [4.78, 5) is 0. The highest BCUT2D eigenvalue weighted by Gasteiger charge is 1.96. The van der Waals surface area contributed by atoms with Crippen LogP contribution in [0.5, 0.6) is 0 Å². The molecule has 46 valence electrons. The van der Waals surface area contributed by atoms with Crippen molar-refractivity contribution >= 4 is 0 Å². The Labute approximate surface area is 49.3 Å². The molecule has 0 saturated carbocycles. The molecule has 0 unspecified atom stereocenters. The van der Waals surface area contributed by atoms with Gasteiger partial charge in [-0.1, -0.05) is 0 Å². The molecule has 8 heavy (non-hydrogen) atoms. The fourth-order valence-electron chi connectivity index (χ4n) is 0.661. The van der Waals surface area contributed by atoms with Crippen LogP contribution in [0.2, 0.25) is 0 Å². The molecule has 3 nitrogen and oxygen atoms in total. The number of nitrogens with one attached hydrogen (secondary N) is 1. The highest BCUT2D eigenvalue weighted by molar-refractivity contribution is 5.11. The van der Waals surface area contributed by atoms with E-state index in [0.29, 0.717) is 0 Å². The van der Waals surface area contributed by atoms with Gasteiger partial charge in [0.05, 0.1) is 0 Å². The van der Waals surface area contributed by atoms with E-state index in [9.17, 15) is 0 Å². The van der Waals surface area contributed by atoms with E-state index >= 15 is 0 Å². The Kier molecular flexibility index (Phi) is 1.39. The SMILES string of the molecule is CCN1N[N-]C=C1C. The molecule has 1 N–H and O–H groups in total. The number of nitrogens with zero attached hydrogens (tertiary/aromatic N) is 2. The van der Waals surface area contributed by atoms with Crippen LogP contribution in [0.1, 0.15) is 13.8 Å². The maximum atomic E-state index is 3.83. The third-order valence-corrected chi connectivity index (χ3v) is 1.17. The van der Waals surface area contributed by atoms with Gasteiger partial charge in [-0.2, -0.15) is 0 Å². The van der Waals surface area contributed by atoms with Crippen LogP contribution in [-0.2, 0) is 0 Å². The molecule has 0 amide bonds. The van der Waals surface area contributed by atoms with Crippen molar-refractivity contribution in [3.05, 3.63) is 17.3 Å². The minimum atomic E-state index is 0.964. The van der Waals surface area contributed by atoms with Gasteiger partial charge in [-0.25, -0.2) is 0 Å². The molecular formula is C5H10N3-.